The molecule has 0 bridgehead atoms. The van der Waals surface area contributed by atoms with Crippen LogP contribution in [0.2, 0.25) is 0 Å². The maximum atomic E-state index is 12.8. The summed E-state index contributed by atoms with van der Waals surface area (Å²) in [4.78, 5) is 31.3. The Balaban J connectivity index is 1.56. The third-order valence-corrected chi connectivity index (χ3v) is 4.99. The van der Waals surface area contributed by atoms with Crippen LogP contribution in [0.4, 0.5) is 5.82 Å². The molecule has 3 rings (SSSR count). The van der Waals surface area contributed by atoms with E-state index >= 15 is 0 Å². The highest BCUT2D eigenvalue weighted by molar-refractivity contribution is 5.94. The minimum absolute atomic E-state index is 0.0358. The second kappa shape index (κ2) is 8.99. The molecular weight excluding hydrogens is 354 g/mol. The third kappa shape index (κ3) is 5.18. The third-order valence-electron chi connectivity index (χ3n) is 4.99. The molecule has 3 heterocycles. The molecule has 0 saturated carbocycles. The molecule has 1 saturated heterocycles. The summed E-state index contributed by atoms with van der Waals surface area (Å²) in [6, 6.07) is 5.56. The van der Waals surface area contributed by atoms with Crippen molar-refractivity contribution in [2.45, 2.75) is 46.6 Å². The number of ketones is 1. The number of Topliss-reactive ketones (excluding diaryl/α,β-unsaturated/α-hetero) is 1. The highest BCUT2D eigenvalue weighted by atomic mass is 16.2. The Bertz CT molecular complexity index is 812. The highest BCUT2D eigenvalue weighted by Gasteiger charge is 2.29. The fourth-order valence-electron chi connectivity index (χ4n) is 3.55. The average Bonchev–Trinajstić information content (AvgIpc) is 3.11. The van der Waals surface area contributed by atoms with E-state index in [2.05, 4.69) is 34.3 Å². The number of aromatic nitrogens is 3. The van der Waals surface area contributed by atoms with E-state index in [1.807, 2.05) is 13.0 Å². The van der Waals surface area contributed by atoms with Gasteiger partial charge in [-0.3, -0.25) is 14.7 Å². The molecule has 2 N–H and O–H groups in total. The number of amides is 1. The molecule has 1 fully saturated rings. The van der Waals surface area contributed by atoms with Crippen molar-refractivity contribution in [2.75, 3.05) is 18.4 Å². The summed E-state index contributed by atoms with van der Waals surface area (Å²) in [6.07, 6.45) is 3.93. The van der Waals surface area contributed by atoms with Gasteiger partial charge in [0.1, 0.15) is 11.6 Å². The Kier molecular flexibility index (Phi) is 6.44. The first-order chi connectivity index (χ1) is 13.4. The van der Waals surface area contributed by atoms with Gasteiger partial charge in [0.05, 0.1) is 17.8 Å². The van der Waals surface area contributed by atoms with Crippen molar-refractivity contribution in [1.82, 2.24) is 20.1 Å². The second-order valence-corrected chi connectivity index (χ2v) is 7.98. The van der Waals surface area contributed by atoms with Gasteiger partial charge in [-0.05, 0) is 43.9 Å². The van der Waals surface area contributed by atoms with E-state index in [-0.39, 0.29) is 17.6 Å². The lowest BCUT2D eigenvalue weighted by molar-refractivity contribution is -0.124. The van der Waals surface area contributed by atoms with Crippen LogP contribution in [0.25, 0.3) is 0 Å². The molecule has 1 unspecified atom stereocenters. The van der Waals surface area contributed by atoms with Crippen LogP contribution in [-0.4, -0.2) is 44.9 Å². The zero-order valence-electron chi connectivity index (χ0n) is 16.9. The van der Waals surface area contributed by atoms with Crippen LogP contribution < -0.4 is 5.32 Å². The number of pyridine rings is 1. The van der Waals surface area contributed by atoms with Crippen LogP contribution in [0.3, 0.4) is 0 Å². The number of piperidine rings is 1. The molecule has 1 aliphatic heterocycles. The number of aryl methyl sites for hydroxylation is 1. The number of carbonyl (C=O) groups is 2. The number of rotatable bonds is 7. The molecular formula is C21H29N5O2. The van der Waals surface area contributed by atoms with Gasteiger partial charge < -0.3 is 10.2 Å². The fraction of sp³-hybridized carbons (Fsp3) is 0.524. The second-order valence-electron chi connectivity index (χ2n) is 7.98. The Morgan fingerprint density at radius 3 is 2.82 bits per heavy atom. The van der Waals surface area contributed by atoms with Gasteiger partial charge in [-0.2, -0.15) is 5.10 Å². The van der Waals surface area contributed by atoms with Gasteiger partial charge in [-0.25, -0.2) is 4.98 Å². The molecule has 1 amide bonds. The van der Waals surface area contributed by atoms with E-state index in [4.69, 9.17) is 0 Å². The van der Waals surface area contributed by atoms with Crippen molar-refractivity contribution in [1.29, 1.82) is 0 Å². The Labute approximate surface area is 165 Å². The molecule has 0 aliphatic carbocycles. The quantitative estimate of drug-likeness (QED) is 0.766. The molecule has 2 aromatic rings. The van der Waals surface area contributed by atoms with Gasteiger partial charge >= 0.3 is 0 Å². The maximum Gasteiger partial charge on any atom is 0.255 e. The van der Waals surface area contributed by atoms with E-state index in [0.29, 0.717) is 43.4 Å². The number of likely N-dealkylation sites (tertiary alicyclic amines) is 1. The van der Waals surface area contributed by atoms with Gasteiger partial charge in [0, 0.05) is 37.3 Å². The number of nitrogens with one attached hydrogen (secondary N) is 2. The summed E-state index contributed by atoms with van der Waals surface area (Å²) in [7, 11) is 0. The summed E-state index contributed by atoms with van der Waals surface area (Å²) >= 11 is 0. The number of nitrogens with zero attached hydrogens (tertiary/aromatic N) is 3. The van der Waals surface area contributed by atoms with Gasteiger partial charge in [0.2, 0.25) is 0 Å². The lowest BCUT2D eigenvalue weighted by Gasteiger charge is -2.32. The molecule has 0 spiro atoms. The molecule has 28 heavy (non-hydrogen) atoms. The van der Waals surface area contributed by atoms with Crippen molar-refractivity contribution >= 4 is 17.5 Å². The average molecular weight is 383 g/mol. The maximum absolute atomic E-state index is 12.8. The largest absolute Gasteiger partial charge is 0.364 e. The SMILES string of the molecule is Cc1cc(CNc2ccc(C(=O)N3CCCC(C(=O)CC(C)C)C3)cn2)n[nH]1. The van der Waals surface area contributed by atoms with Crippen LogP contribution >= 0.6 is 0 Å². The summed E-state index contributed by atoms with van der Waals surface area (Å²) < 4.78 is 0. The number of hydrogen-bond acceptors (Lipinski definition) is 5. The van der Waals surface area contributed by atoms with Crippen molar-refractivity contribution < 1.29 is 9.59 Å². The molecule has 7 heteroatoms. The first-order valence-corrected chi connectivity index (χ1v) is 9.95. The predicted octanol–water partition coefficient (Wildman–Crippen LogP) is 3.19. The van der Waals surface area contributed by atoms with E-state index in [9.17, 15) is 9.59 Å². The Hall–Kier alpha value is -2.70. The summed E-state index contributed by atoms with van der Waals surface area (Å²) in [5.41, 5.74) is 2.47. The smallest absolute Gasteiger partial charge is 0.255 e. The topological polar surface area (TPSA) is 91.0 Å². The first-order valence-electron chi connectivity index (χ1n) is 9.95. The summed E-state index contributed by atoms with van der Waals surface area (Å²) in [5.74, 6) is 1.24. The normalized spacial score (nSPS) is 17.0. The van der Waals surface area contributed by atoms with Gasteiger partial charge in [-0.1, -0.05) is 13.8 Å². The fourth-order valence-corrected chi connectivity index (χ4v) is 3.55. The number of hydrogen-bond donors (Lipinski definition) is 2. The first kappa shape index (κ1) is 20.0. The van der Waals surface area contributed by atoms with Crippen LogP contribution in [0.5, 0.6) is 0 Å². The molecule has 7 nitrogen and oxygen atoms in total. The van der Waals surface area contributed by atoms with E-state index in [1.54, 1.807) is 23.2 Å². The number of H-pyrrole nitrogens is 1. The van der Waals surface area contributed by atoms with Crippen LogP contribution in [0.1, 0.15) is 54.9 Å². The predicted molar refractivity (Wildman–Crippen MR) is 108 cm³/mol. The van der Waals surface area contributed by atoms with Gasteiger partial charge in [-0.15, -0.1) is 0 Å². The molecule has 0 radical (unpaired) electrons. The molecule has 150 valence electrons. The van der Waals surface area contributed by atoms with Crippen molar-refractivity contribution in [3.05, 3.63) is 41.3 Å². The van der Waals surface area contributed by atoms with E-state index < -0.39 is 0 Å². The molecule has 1 atom stereocenters. The monoisotopic (exact) mass is 383 g/mol. The van der Waals surface area contributed by atoms with Crippen molar-refractivity contribution in [3.63, 3.8) is 0 Å². The van der Waals surface area contributed by atoms with Crippen molar-refractivity contribution in [3.8, 4) is 0 Å². The number of carbonyl (C=O) groups excluding carboxylic acids is 2. The Morgan fingerprint density at radius 1 is 1.36 bits per heavy atom. The van der Waals surface area contributed by atoms with Crippen LogP contribution in [0, 0.1) is 18.8 Å². The van der Waals surface area contributed by atoms with Crippen molar-refractivity contribution in [2.24, 2.45) is 11.8 Å². The lowest BCUT2D eigenvalue weighted by atomic mass is 9.89. The zero-order chi connectivity index (χ0) is 20.1. The van der Waals surface area contributed by atoms with Gasteiger partial charge in [0.15, 0.2) is 0 Å². The molecule has 2 aromatic heterocycles. The summed E-state index contributed by atoms with van der Waals surface area (Å²) in [6.45, 7) is 7.84. The highest BCUT2D eigenvalue weighted by Crippen LogP contribution is 2.22. The van der Waals surface area contributed by atoms with Crippen LogP contribution in [0.15, 0.2) is 24.4 Å². The molecule has 1 aliphatic rings. The lowest BCUT2D eigenvalue weighted by Crippen LogP contribution is -2.42. The van der Waals surface area contributed by atoms with Crippen LogP contribution in [-0.2, 0) is 11.3 Å². The number of aromatic amines is 1. The minimum atomic E-state index is -0.0518. The van der Waals surface area contributed by atoms with E-state index in [0.717, 1.165) is 24.2 Å². The van der Waals surface area contributed by atoms with E-state index in [1.165, 1.54) is 0 Å². The summed E-state index contributed by atoms with van der Waals surface area (Å²) in [5, 5.41) is 10.3. The zero-order valence-corrected chi connectivity index (χ0v) is 16.9. The standard InChI is InChI=1S/C21H29N5O2/c1-14(2)9-19(27)17-5-4-8-26(13-17)21(28)16-6-7-20(22-11-16)23-12-18-10-15(3)24-25-18/h6-7,10-11,14,17H,4-5,8-9,12-13H2,1-3H3,(H,22,23)(H,24,25). The number of anilines is 1. The minimum Gasteiger partial charge on any atom is -0.364 e. The van der Waals surface area contributed by atoms with Gasteiger partial charge in [0.25, 0.3) is 5.91 Å². The molecule has 0 aromatic carbocycles. The Morgan fingerprint density at radius 2 is 2.18 bits per heavy atom.